The maximum absolute atomic E-state index is 13.0. The molecule has 3 aromatic rings. The zero-order chi connectivity index (χ0) is 19.9. The van der Waals surface area contributed by atoms with Crippen LogP contribution in [0.15, 0.2) is 54.9 Å². The van der Waals surface area contributed by atoms with Gasteiger partial charge in [-0.2, -0.15) is 5.10 Å². The number of halogens is 1. The van der Waals surface area contributed by atoms with E-state index in [0.29, 0.717) is 24.5 Å². The molecular weight excluding hydrogens is 363 g/mol. The monoisotopic (exact) mass is 384 g/mol. The zero-order valence-electron chi connectivity index (χ0n) is 15.7. The van der Waals surface area contributed by atoms with Crippen LogP contribution in [0.5, 0.6) is 5.75 Å². The first kappa shape index (κ1) is 19.6. The second-order valence-corrected chi connectivity index (χ2v) is 6.10. The summed E-state index contributed by atoms with van der Waals surface area (Å²) in [4.78, 5) is 12.2. The average Bonchev–Trinajstić information content (AvgIpc) is 3.20. The highest BCUT2D eigenvalue weighted by molar-refractivity contribution is 5.94. The van der Waals surface area contributed by atoms with E-state index < -0.39 is 5.97 Å². The summed E-state index contributed by atoms with van der Waals surface area (Å²) in [7, 11) is 2.96. The number of carbonyl (C=O) groups is 1. The number of nitrogens with zero attached hydrogens (tertiary/aromatic N) is 2. The molecule has 7 heteroatoms. The molecule has 2 aromatic carbocycles. The van der Waals surface area contributed by atoms with Crippen LogP contribution in [0.4, 0.5) is 4.39 Å². The van der Waals surface area contributed by atoms with Crippen LogP contribution < -0.4 is 4.74 Å². The normalized spacial score (nSPS) is 10.7. The summed E-state index contributed by atoms with van der Waals surface area (Å²) in [6, 6.07) is 11.3. The molecule has 146 valence electrons. The van der Waals surface area contributed by atoms with E-state index in [1.807, 2.05) is 12.3 Å². The molecule has 0 spiro atoms. The molecule has 0 bridgehead atoms. The molecule has 0 aliphatic rings. The number of esters is 1. The predicted octanol–water partition coefficient (Wildman–Crippen LogP) is 3.70. The maximum atomic E-state index is 13.0. The Morgan fingerprint density at radius 2 is 1.89 bits per heavy atom. The number of carbonyl (C=O) groups excluding carboxylic acids is 1. The Bertz CT molecular complexity index is 938. The molecule has 1 aromatic heterocycles. The standard InChI is InChI=1S/C21H21FN2O4/c1-26-10-9-24-13-17(12-23-24)16-5-8-20(19(11-16)21(25)27-2)28-14-15-3-6-18(22)7-4-15/h3-8,11-13H,9-10,14H2,1-2H3. The molecule has 0 unspecified atom stereocenters. The molecule has 3 rings (SSSR count). The SMILES string of the molecule is COCCn1cc(-c2ccc(OCc3ccc(F)cc3)c(C(=O)OC)c2)cn1. The molecule has 0 N–H and O–H groups in total. The van der Waals surface area contributed by atoms with Crippen LogP contribution in [0.2, 0.25) is 0 Å². The smallest absolute Gasteiger partial charge is 0.341 e. The van der Waals surface area contributed by atoms with Crippen LogP contribution in [0.1, 0.15) is 15.9 Å². The summed E-state index contributed by atoms with van der Waals surface area (Å²) in [5.41, 5.74) is 2.79. The summed E-state index contributed by atoms with van der Waals surface area (Å²) >= 11 is 0. The van der Waals surface area contributed by atoms with Gasteiger partial charge < -0.3 is 14.2 Å². The Balaban J connectivity index is 1.82. The van der Waals surface area contributed by atoms with Crippen molar-refractivity contribution in [2.75, 3.05) is 20.8 Å². The lowest BCUT2D eigenvalue weighted by Crippen LogP contribution is -2.06. The van der Waals surface area contributed by atoms with E-state index in [1.165, 1.54) is 19.2 Å². The number of hydrogen-bond acceptors (Lipinski definition) is 5. The van der Waals surface area contributed by atoms with Gasteiger partial charge in [0.15, 0.2) is 0 Å². The van der Waals surface area contributed by atoms with Gasteiger partial charge in [-0.05, 0) is 35.4 Å². The molecule has 1 heterocycles. The summed E-state index contributed by atoms with van der Waals surface area (Å²) < 4.78 is 30.5. The molecule has 0 aliphatic carbocycles. The molecule has 0 atom stereocenters. The Hall–Kier alpha value is -3.19. The van der Waals surface area contributed by atoms with Crippen molar-refractivity contribution in [1.82, 2.24) is 9.78 Å². The van der Waals surface area contributed by atoms with Gasteiger partial charge in [0.1, 0.15) is 23.7 Å². The zero-order valence-corrected chi connectivity index (χ0v) is 15.7. The fourth-order valence-corrected chi connectivity index (χ4v) is 2.67. The van der Waals surface area contributed by atoms with Crippen molar-refractivity contribution in [2.45, 2.75) is 13.2 Å². The number of benzene rings is 2. The van der Waals surface area contributed by atoms with Crippen molar-refractivity contribution < 1.29 is 23.4 Å². The fourth-order valence-electron chi connectivity index (χ4n) is 2.67. The molecule has 0 saturated carbocycles. The van der Waals surface area contributed by atoms with Crippen LogP contribution in [-0.2, 0) is 22.6 Å². The third-order valence-corrected chi connectivity index (χ3v) is 4.18. The van der Waals surface area contributed by atoms with Crippen LogP contribution in [0.3, 0.4) is 0 Å². The molecule has 0 radical (unpaired) electrons. The van der Waals surface area contributed by atoms with Gasteiger partial charge >= 0.3 is 5.97 Å². The maximum Gasteiger partial charge on any atom is 0.341 e. The average molecular weight is 384 g/mol. The van der Waals surface area contributed by atoms with Gasteiger partial charge in [0.05, 0.1) is 26.5 Å². The fraction of sp³-hybridized carbons (Fsp3) is 0.238. The Labute approximate surface area is 162 Å². The number of rotatable bonds is 8. The van der Waals surface area contributed by atoms with Crippen LogP contribution >= 0.6 is 0 Å². The second kappa shape index (κ2) is 9.14. The first-order chi connectivity index (χ1) is 13.6. The molecule has 0 aliphatic heterocycles. The van der Waals surface area contributed by atoms with Gasteiger partial charge in [0, 0.05) is 18.9 Å². The lowest BCUT2D eigenvalue weighted by molar-refractivity contribution is 0.0595. The minimum atomic E-state index is -0.497. The van der Waals surface area contributed by atoms with Crippen LogP contribution in [0, 0.1) is 5.82 Å². The number of ether oxygens (including phenoxy) is 3. The van der Waals surface area contributed by atoms with Crippen molar-refractivity contribution in [3.63, 3.8) is 0 Å². The van der Waals surface area contributed by atoms with Crippen LogP contribution in [0.25, 0.3) is 11.1 Å². The highest BCUT2D eigenvalue weighted by Gasteiger charge is 2.16. The van der Waals surface area contributed by atoms with Crippen LogP contribution in [-0.4, -0.2) is 36.6 Å². The van der Waals surface area contributed by atoms with E-state index in [4.69, 9.17) is 14.2 Å². The number of hydrogen-bond donors (Lipinski definition) is 0. The lowest BCUT2D eigenvalue weighted by atomic mass is 10.1. The van der Waals surface area contributed by atoms with Gasteiger partial charge in [0.2, 0.25) is 0 Å². The minimum Gasteiger partial charge on any atom is -0.488 e. The van der Waals surface area contributed by atoms with E-state index in [1.54, 1.807) is 42.3 Å². The molecule has 0 fully saturated rings. The Kier molecular flexibility index (Phi) is 6.39. The molecule has 6 nitrogen and oxygen atoms in total. The third-order valence-electron chi connectivity index (χ3n) is 4.18. The summed E-state index contributed by atoms with van der Waals surface area (Å²) in [6.45, 7) is 1.41. The van der Waals surface area contributed by atoms with E-state index in [2.05, 4.69) is 5.10 Å². The molecule has 0 amide bonds. The lowest BCUT2D eigenvalue weighted by Gasteiger charge is -2.12. The first-order valence-electron chi connectivity index (χ1n) is 8.72. The largest absolute Gasteiger partial charge is 0.488 e. The van der Waals surface area contributed by atoms with E-state index in [9.17, 15) is 9.18 Å². The quantitative estimate of drug-likeness (QED) is 0.554. The highest BCUT2D eigenvalue weighted by Crippen LogP contribution is 2.28. The molecule has 0 saturated heterocycles. The van der Waals surface area contributed by atoms with Gasteiger partial charge in [-0.3, -0.25) is 4.68 Å². The first-order valence-corrected chi connectivity index (χ1v) is 8.72. The third kappa shape index (κ3) is 4.75. The Morgan fingerprint density at radius 1 is 1.11 bits per heavy atom. The van der Waals surface area contributed by atoms with Crippen molar-refractivity contribution in [3.8, 4) is 16.9 Å². The van der Waals surface area contributed by atoms with E-state index >= 15 is 0 Å². The van der Waals surface area contributed by atoms with Gasteiger partial charge in [0.25, 0.3) is 0 Å². The highest BCUT2D eigenvalue weighted by atomic mass is 19.1. The molecular formula is C21H21FN2O4. The Morgan fingerprint density at radius 3 is 2.61 bits per heavy atom. The number of methoxy groups -OCH3 is 2. The van der Waals surface area contributed by atoms with Crippen molar-refractivity contribution in [3.05, 3.63) is 71.8 Å². The van der Waals surface area contributed by atoms with E-state index in [0.717, 1.165) is 16.7 Å². The van der Waals surface area contributed by atoms with E-state index in [-0.39, 0.29) is 12.4 Å². The van der Waals surface area contributed by atoms with Crippen molar-refractivity contribution >= 4 is 5.97 Å². The van der Waals surface area contributed by atoms with Gasteiger partial charge in [-0.25, -0.2) is 9.18 Å². The van der Waals surface area contributed by atoms with Crippen molar-refractivity contribution in [2.24, 2.45) is 0 Å². The summed E-state index contributed by atoms with van der Waals surface area (Å²) in [6.07, 6.45) is 3.61. The minimum absolute atomic E-state index is 0.207. The summed E-state index contributed by atoms with van der Waals surface area (Å²) in [5, 5.41) is 4.29. The van der Waals surface area contributed by atoms with Gasteiger partial charge in [-0.1, -0.05) is 18.2 Å². The second-order valence-electron chi connectivity index (χ2n) is 6.10. The number of aromatic nitrogens is 2. The van der Waals surface area contributed by atoms with Crippen molar-refractivity contribution in [1.29, 1.82) is 0 Å². The topological polar surface area (TPSA) is 62.6 Å². The molecule has 28 heavy (non-hydrogen) atoms. The predicted molar refractivity (Wildman–Crippen MR) is 102 cm³/mol. The van der Waals surface area contributed by atoms with Gasteiger partial charge in [-0.15, -0.1) is 0 Å². The summed E-state index contributed by atoms with van der Waals surface area (Å²) in [5.74, 6) is -0.413.